The molecule has 28 heavy (non-hydrogen) atoms. The molecule has 0 saturated heterocycles. The zero-order valence-corrected chi connectivity index (χ0v) is 17.8. The molecule has 2 aromatic rings. The van der Waals surface area contributed by atoms with Crippen molar-refractivity contribution in [3.05, 3.63) is 45.9 Å². The van der Waals surface area contributed by atoms with Gasteiger partial charge in [-0.15, -0.1) is 0 Å². The summed E-state index contributed by atoms with van der Waals surface area (Å²) >= 11 is 12.6. The standard InChI is InChI=1S/C21H25Cl2NO4/c1-4-5-6-7-10-28-20-16(22)11-14(12-17(20)23)21(25)24-18-9-8-15(26-2)13-19(18)27-3/h8-9,11-13H,4-7,10H2,1-3H3,(H,24,25). The second-order valence-electron chi connectivity index (χ2n) is 6.20. The number of ether oxygens (including phenoxy) is 3. The quantitative estimate of drug-likeness (QED) is 0.458. The van der Waals surface area contributed by atoms with E-state index >= 15 is 0 Å². The molecule has 0 unspecified atom stereocenters. The molecule has 0 aliphatic heterocycles. The molecule has 152 valence electrons. The lowest BCUT2D eigenvalue weighted by Crippen LogP contribution is -2.13. The van der Waals surface area contributed by atoms with E-state index < -0.39 is 0 Å². The van der Waals surface area contributed by atoms with E-state index in [1.54, 1.807) is 37.4 Å². The molecule has 1 N–H and O–H groups in total. The second-order valence-corrected chi connectivity index (χ2v) is 7.01. The summed E-state index contributed by atoms with van der Waals surface area (Å²) in [5, 5.41) is 3.39. The van der Waals surface area contributed by atoms with Crippen LogP contribution in [0.4, 0.5) is 5.69 Å². The van der Waals surface area contributed by atoms with Crippen molar-refractivity contribution in [2.45, 2.75) is 32.6 Å². The molecule has 0 atom stereocenters. The zero-order valence-electron chi connectivity index (χ0n) is 16.3. The first-order chi connectivity index (χ1) is 13.5. The molecule has 2 aromatic carbocycles. The molecular weight excluding hydrogens is 401 g/mol. The Balaban J connectivity index is 2.10. The summed E-state index contributed by atoms with van der Waals surface area (Å²) < 4.78 is 16.2. The van der Waals surface area contributed by atoms with Gasteiger partial charge in [0.05, 0.1) is 36.6 Å². The Hall–Kier alpha value is -2.11. The Morgan fingerprint density at radius 3 is 2.32 bits per heavy atom. The third-order valence-corrected chi connectivity index (χ3v) is 4.72. The Morgan fingerprint density at radius 1 is 1.00 bits per heavy atom. The van der Waals surface area contributed by atoms with E-state index in [0.29, 0.717) is 45.2 Å². The number of carbonyl (C=O) groups excluding carboxylic acids is 1. The molecule has 0 fully saturated rings. The van der Waals surface area contributed by atoms with Crippen molar-refractivity contribution in [3.63, 3.8) is 0 Å². The normalized spacial score (nSPS) is 10.5. The van der Waals surface area contributed by atoms with Gasteiger partial charge in [-0.05, 0) is 30.7 Å². The van der Waals surface area contributed by atoms with Gasteiger partial charge in [-0.2, -0.15) is 0 Å². The molecule has 1 amide bonds. The number of amides is 1. The van der Waals surface area contributed by atoms with Crippen LogP contribution in [-0.4, -0.2) is 26.7 Å². The van der Waals surface area contributed by atoms with Crippen LogP contribution in [0.1, 0.15) is 43.0 Å². The summed E-state index contributed by atoms with van der Waals surface area (Å²) in [6.45, 7) is 2.69. The number of benzene rings is 2. The van der Waals surface area contributed by atoms with Gasteiger partial charge >= 0.3 is 0 Å². The number of carbonyl (C=O) groups is 1. The van der Waals surface area contributed by atoms with Crippen LogP contribution in [0.2, 0.25) is 10.0 Å². The first-order valence-corrected chi connectivity index (χ1v) is 9.91. The third-order valence-electron chi connectivity index (χ3n) is 4.16. The van der Waals surface area contributed by atoms with Crippen molar-refractivity contribution >= 4 is 34.8 Å². The molecule has 2 rings (SSSR count). The number of halogens is 2. The van der Waals surface area contributed by atoms with E-state index in [-0.39, 0.29) is 5.91 Å². The van der Waals surface area contributed by atoms with Crippen LogP contribution in [-0.2, 0) is 0 Å². The van der Waals surface area contributed by atoms with Gasteiger partial charge in [0.2, 0.25) is 0 Å². The van der Waals surface area contributed by atoms with Crippen molar-refractivity contribution in [2.24, 2.45) is 0 Å². The number of rotatable bonds is 10. The largest absolute Gasteiger partial charge is 0.497 e. The van der Waals surface area contributed by atoms with Gasteiger partial charge in [0.15, 0.2) is 5.75 Å². The molecule has 5 nitrogen and oxygen atoms in total. The fourth-order valence-corrected chi connectivity index (χ4v) is 3.22. The van der Waals surface area contributed by atoms with E-state index in [4.69, 9.17) is 37.4 Å². The highest BCUT2D eigenvalue weighted by Crippen LogP contribution is 2.35. The molecule has 0 heterocycles. The topological polar surface area (TPSA) is 56.8 Å². The smallest absolute Gasteiger partial charge is 0.255 e. The van der Waals surface area contributed by atoms with Gasteiger partial charge < -0.3 is 19.5 Å². The molecule has 0 spiro atoms. The van der Waals surface area contributed by atoms with E-state index in [9.17, 15) is 4.79 Å². The van der Waals surface area contributed by atoms with Crippen LogP contribution in [0.3, 0.4) is 0 Å². The van der Waals surface area contributed by atoms with Crippen LogP contribution in [0, 0.1) is 0 Å². The SMILES string of the molecule is CCCCCCOc1c(Cl)cc(C(=O)Nc2ccc(OC)cc2OC)cc1Cl. The predicted molar refractivity (Wildman–Crippen MR) is 114 cm³/mol. The molecule has 0 aromatic heterocycles. The van der Waals surface area contributed by atoms with Crippen molar-refractivity contribution in [1.82, 2.24) is 0 Å². The molecule has 0 aliphatic rings. The van der Waals surface area contributed by atoms with Gasteiger partial charge in [0, 0.05) is 11.6 Å². The fraction of sp³-hybridized carbons (Fsp3) is 0.381. The highest BCUT2D eigenvalue weighted by Gasteiger charge is 2.16. The van der Waals surface area contributed by atoms with E-state index in [1.165, 1.54) is 13.5 Å². The maximum atomic E-state index is 12.6. The van der Waals surface area contributed by atoms with Gasteiger partial charge in [-0.1, -0.05) is 49.4 Å². The maximum absolute atomic E-state index is 12.6. The first kappa shape index (κ1) is 22.2. The highest BCUT2D eigenvalue weighted by atomic mass is 35.5. The Bertz CT molecular complexity index is 788. The Labute approximate surface area is 175 Å². The molecule has 0 saturated carbocycles. The zero-order chi connectivity index (χ0) is 20.5. The van der Waals surface area contributed by atoms with Gasteiger partial charge in [-0.3, -0.25) is 4.79 Å². The number of unbranched alkanes of at least 4 members (excludes halogenated alkanes) is 3. The number of hydrogen-bond donors (Lipinski definition) is 1. The molecular formula is C21H25Cl2NO4. The van der Waals surface area contributed by atoms with Crippen LogP contribution in [0.25, 0.3) is 0 Å². The number of anilines is 1. The summed E-state index contributed by atoms with van der Waals surface area (Å²) in [6.07, 6.45) is 4.35. The maximum Gasteiger partial charge on any atom is 0.255 e. The Kier molecular flexibility index (Phi) is 8.74. The lowest BCUT2D eigenvalue weighted by atomic mass is 10.2. The minimum Gasteiger partial charge on any atom is -0.497 e. The summed E-state index contributed by atoms with van der Waals surface area (Å²) in [5.74, 6) is 1.15. The second kappa shape index (κ2) is 11.0. The van der Waals surface area contributed by atoms with Crippen LogP contribution in [0.5, 0.6) is 17.2 Å². The summed E-state index contributed by atoms with van der Waals surface area (Å²) in [5.41, 5.74) is 0.836. The highest BCUT2D eigenvalue weighted by molar-refractivity contribution is 6.37. The molecule has 0 aliphatic carbocycles. The van der Waals surface area contributed by atoms with Crippen molar-refractivity contribution in [1.29, 1.82) is 0 Å². The minimum absolute atomic E-state index is 0.301. The van der Waals surface area contributed by atoms with Gasteiger partial charge in [-0.25, -0.2) is 0 Å². The first-order valence-electron chi connectivity index (χ1n) is 9.15. The minimum atomic E-state index is -0.359. The number of methoxy groups -OCH3 is 2. The molecule has 0 radical (unpaired) electrons. The van der Waals surface area contributed by atoms with E-state index in [0.717, 1.165) is 19.3 Å². The average molecular weight is 426 g/mol. The third kappa shape index (κ3) is 5.94. The van der Waals surface area contributed by atoms with Crippen LogP contribution in [0.15, 0.2) is 30.3 Å². The van der Waals surface area contributed by atoms with Crippen molar-refractivity contribution in [2.75, 3.05) is 26.1 Å². The Morgan fingerprint density at radius 2 is 1.71 bits per heavy atom. The van der Waals surface area contributed by atoms with Crippen LogP contribution < -0.4 is 19.5 Å². The van der Waals surface area contributed by atoms with Gasteiger partial charge in [0.1, 0.15) is 11.5 Å². The predicted octanol–water partition coefficient (Wildman–Crippen LogP) is 6.22. The van der Waals surface area contributed by atoms with Crippen molar-refractivity contribution < 1.29 is 19.0 Å². The van der Waals surface area contributed by atoms with E-state index in [1.807, 2.05) is 0 Å². The summed E-state index contributed by atoms with van der Waals surface area (Å²) in [4.78, 5) is 12.6. The number of hydrogen-bond acceptors (Lipinski definition) is 4. The fourth-order valence-electron chi connectivity index (χ4n) is 2.63. The summed E-state index contributed by atoms with van der Waals surface area (Å²) in [7, 11) is 3.08. The molecule has 7 heteroatoms. The summed E-state index contributed by atoms with van der Waals surface area (Å²) in [6, 6.07) is 8.20. The number of nitrogens with one attached hydrogen (secondary N) is 1. The lowest BCUT2D eigenvalue weighted by Gasteiger charge is -2.14. The molecule has 0 bridgehead atoms. The lowest BCUT2D eigenvalue weighted by molar-refractivity contribution is 0.102. The van der Waals surface area contributed by atoms with Crippen LogP contribution >= 0.6 is 23.2 Å². The monoisotopic (exact) mass is 425 g/mol. The van der Waals surface area contributed by atoms with Gasteiger partial charge in [0.25, 0.3) is 5.91 Å². The van der Waals surface area contributed by atoms with Crippen molar-refractivity contribution in [3.8, 4) is 17.2 Å². The van der Waals surface area contributed by atoms with E-state index in [2.05, 4.69) is 12.2 Å². The average Bonchev–Trinajstić information content (AvgIpc) is 2.69.